The van der Waals surface area contributed by atoms with Crippen LogP contribution >= 0.6 is 0 Å². The van der Waals surface area contributed by atoms with Gasteiger partial charge in [-0.15, -0.1) is 0 Å². The number of rotatable bonds is 6. The minimum atomic E-state index is -0.150. The summed E-state index contributed by atoms with van der Waals surface area (Å²) in [5, 5.41) is 5.85. The van der Waals surface area contributed by atoms with Crippen LogP contribution in [0.1, 0.15) is 23.6 Å². The summed E-state index contributed by atoms with van der Waals surface area (Å²) in [5.74, 6) is 1.12. The van der Waals surface area contributed by atoms with Crippen molar-refractivity contribution in [2.45, 2.75) is 20.5 Å². The Balaban J connectivity index is 1.55. The van der Waals surface area contributed by atoms with Crippen molar-refractivity contribution in [3.8, 4) is 11.5 Å². The van der Waals surface area contributed by atoms with Gasteiger partial charge in [0.05, 0.1) is 24.1 Å². The molecule has 1 aliphatic heterocycles. The maximum Gasteiger partial charge on any atom is 0.280 e. The van der Waals surface area contributed by atoms with E-state index in [9.17, 15) is 4.79 Å². The van der Waals surface area contributed by atoms with Gasteiger partial charge in [-0.25, -0.2) is 0 Å². The van der Waals surface area contributed by atoms with Gasteiger partial charge in [0.25, 0.3) is 5.91 Å². The Morgan fingerprint density at radius 1 is 0.935 bits per heavy atom. The number of hydrogen-bond acceptors (Lipinski definition) is 4. The van der Waals surface area contributed by atoms with E-state index in [-0.39, 0.29) is 5.91 Å². The second-order valence-electron chi connectivity index (χ2n) is 7.32. The summed E-state index contributed by atoms with van der Waals surface area (Å²) in [5.41, 5.74) is 5.12. The lowest BCUT2D eigenvalue weighted by molar-refractivity contribution is -0.114. The topological polar surface area (TPSA) is 51.1 Å². The second-order valence-corrected chi connectivity index (χ2v) is 7.32. The van der Waals surface area contributed by atoms with E-state index in [0.717, 1.165) is 16.8 Å². The number of carbonyl (C=O) groups is 1. The molecule has 0 aromatic heterocycles. The monoisotopic (exact) mass is 412 g/mol. The molecule has 0 saturated heterocycles. The highest BCUT2D eigenvalue weighted by atomic mass is 16.5. The molecule has 0 saturated carbocycles. The standard InChI is InChI=1S/C26H24N2O3/c1-18-9-7-8-10-21(18)17-31-24-14-13-20(16-25(24)30-3)15-23-19(2)27-28(26(23)29)22-11-5-4-6-12-22/h4-16H,17H2,1-3H3/b23-15-. The fourth-order valence-electron chi connectivity index (χ4n) is 3.42. The SMILES string of the molecule is COc1cc(/C=C2\C(=O)N(c3ccccc3)N=C2C)ccc1OCc1ccccc1C. The van der Waals surface area contributed by atoms with Gasteiger partial charge in [-0.2, -0.15) is 10.1 Å². The summed E-state index contributed by atoms with van der Waals surface area (Å²) in [4.78, 5) is 12.9. The van der Waals surface area contributed by atoms with E-state index in [4.69, 9.17) is 9.47 Å². The highest BCUT2D eigenvalue weighted by molar-refractivity contribution is 6.32. The third-order valence-corrected chi connectivity index (χ3v) is 5.21. The molecular weight excluding hydrogens is 388 g/mol. The molecule has 156 valence electrons. The molecule has 3 aromatic carbocycles. The first-order chi connectivity index (χ1) is 15.1. The van der Waals surface area contributed by atoms with Gasteiger partial charge < -0.3 is 9.47 Å². The molecule has 3 aromatic rings. The number of para-hydroxylation sites is 1. The molecule has 0 bridgehead atoms. The molecule has 0 N–H and O–H groups in total. The van der Waals surface area contributed by atoms with E-state index >= 15 is 0 Å². The zero-order valence-electron chi connectivity index (χ0n) is 17.8. The van der Waals surface area contributed by atoms with Gasteiger partial charge >= 0.3 is 0 Å². The zero-order chi connectivity index (χ0) is 21.8. The number of hydrazone groups is 1. The summed E-state index contributed by atoms with van der Waals surface area (Å²) < 4.78 is 11.5. The summed E-state index contributed by atoms with van der Waals surface area (Å²) in [6.07, 6.45) is 1.83. The van der Waals surface area contributed by atoms with E-state index in [2.05, 4.69) is 18.1 Å². The number of carbonyl (C=O) groups excluding carboxylic acids is 1. The maximum absolute atomic E-state index is 12.9. The minimum Gasteiger partial charge on any atom is -0.493 e. The summed E-state index contributed by atoms with van der Waals surface area (Å²) in [6, 6.07) is 23.2. The number of anilines is 1. The van der Waals surface area contributed by atoms with E-state index in [1.807, 2.05) is 79.7 Å². The van der Waals surface area contributed by atoms with Gasteiger partial charge in [0.2, 0.25) is 0 Å². The number of methoxy groups -OCH3 is 1. The number of aryl methyl sites for hydroxylation is 1. The van der Waals surface area contributed by atoms with Gasteiger partial charge in [0.15, 0.2) is 11.5 Å². The van der Waals surface area contributed by atoms with Gasteiger partial charge in [0, 0.05) is 0 Å². The normalized spacial score (nSPS) is 14.7. The van der Waals surface area contributed by atoms with E-state index in [1.54, 1.807) is 7.11 Å². The Kier molecular flexibility index (Phi) is 5.85. The molecule has 0 spiro atoms. The molecule has 1 amide bonds. The van der Waals surface area contributed by atoms with Gasteiger partial charge in [-0.05, 0) is 60.9 Å². The van der Waals surface area contributed by atoms with E-state index in [0.29, 0.717) is 29.4 Å². The van der Waals surface area contributed by atoms with Crippen LogP contribution < -0.4 is 14.5 Å². The highest BCUT2D eigenvalue weighted by Crippen LogP contribution is 2.31. The largest absolute Gasteiger partial charge is 0.493 e. The van der Waals surface area contributed by atoms with Crippen molar-refractivity contribution in [3.63, 3.8) is 0 Å². The Labute approximate surface area is 182 Å². The minimum absolute atomic E-state index is 0.150. The first kappa shape index (κ1) is 20.4. The van der Waals surface area contributed by atoms with Crippen LogP contribution in [0.5, 0.6) is 11.5 Å². The van der Waals surface area contributed by atoms with Crippen LogP contribution in [-0.2, 0) is 11.4 Å². The van der Waals surface area contributed by atoms with Crippen LogP contribution in [-0.4, -0.2) is 18.7 Å². The summed E-state index contributed by atoms with van der Waals surface area (Å²) in [7, 11) is 1.61. The fraction of sp³-hybridized carbons (Fsp3) is 0.154. The van der Waals surface area contributed by atoms with Gasteiger partial charge in [0.1, 0.15) is 6.61 Å². The van der Waals surface area contributed by atoms with Crippen LogP contribution in [0, 0.1) is 6.92 Å². The van der Waals surface area contributed by atoms with Crippen molar-refractivity contribution in [3.05, 3.63) is 95.1 Å². The zero-order valence-corrected chi connectivity index (χ0v) is 17.8. The Bertz CT molecular complexity index is 1170. The Hall–Kier alpha value is -3.86. The smallest absolute Gasteiger partial charge is 0.280 e. The second kappa shape index (κ2) is 8.88. The number of ether oxygens (including phenoxy) is 2. The van der Waals surface area contributed by atoms with Crippen LogP contribution in [0.4, 0.5) is 5.69 Å². The molecule has 1 heterocycles. The third kappa shape index (κ3) is 4.36. The molecule has 0 fully saturated rings. The lowest BCUT2D eigenvalue weighted by Gasteiger charge is -2.13. The molecule has 5 nitrogen and oxygen atoms in total. The van der Waals surface area contributed by atoms with Crippen molar-refractivity contribution >= 4 is 23.4 Å². The molecule has 5 heteroatoms. The average molecular weight is 412 g/mol. The predicted molar refractivity (Wildman–Crippen MR) is 124 cm³/mol. The maximum atomic E-state index is 12.9. The average Bonchev–Trinajstić information content (AvgIpc) is 3.08. The first-order valence-corrected chi connectivity index (χ1v) is 10.1. The van der Waals surface area contributed by atoms with Crippen molar-refractivity contribution in [1.29, 1.82) is 0 Å². The van der Waals surface area contributed by atoms with Crippen molar-refractivity contribution in [2.24, 2.45) is 5.10 Å². The van der Waals surface area contributed by atoms with E-state index in [1.165, 1.54) is 10.6 Å². The van der Waals surface area contributed by atoms with Crippen LogP contribution in [0.2, 0.25) is 0 Å². The quantitative estimate of drug-likeness (QED) is 0.510. The van der Waals surface area contributed by atoms with Crippen molar-refractivity contribution in [1.82, 2.24) is 0 Å². The summed E-state index contributed by atoms with van der Waals surface area (Å²) in [6.45, 7) is 4.36. The molecule has 0 atom stereocenters. The molecule has 0 aliphatic carbocycles. The van der Waals surface area contributed by atoms with Gasteiger partial charge in [-0.3, -0.25) is 4.79 Å². The number of amides is 1. The van der Waals surface area contributed by atoms with E-state index < -0.39 is 0 Å². The number of hydrogen-bond donors (Lipinski definition) is 0. The number of benzene rings is 3. The van der Waals surface area contributed by atoms with Crippen molar-refractivity contribution in [2.75, 3.05) is 12.1 Å². The molecule has 4 rings (SSSR count). The molecule has 1 aliphatic rings. The number of nitrogens with zero attached hydrogens (tertiary/aromatic N) is 2. The fourth-order valence-corrected chi connectivity index (χ4v) is 3.42. The van der Waals surface area contributed by atoms with Crippen LogP contribution in [0.3, 0.4) is 0 Å². The lowest BCUT2D eigenvalue weighted by atomic mass is 10.1. The lowest BCUT2D eigenvalue weighted by Crippen LogP contribution is -2.21. The third-order valence-electron chi connectivity index (χ3n) is 5.21. The van der Waals surface area contributed by atoms with Gasteiger partial charge in [-0.1, -0.05) is 48.5 Å². The molecule has 0 radical (unpaired) electrons. The van der Waals surface area contributed by atoms with Crippen molar-refractivity contribution < 1.29 is 14.3 Å². The highest BCUT2D eigenvalue weighted by Gasteiger charge is 2.28. The van der Waals surface area contributed by atoms with Crippen LogP contribution in [0.15, 0.2) is 83.5 Å². The molecule has 0 unspecified atom stereocenters. The molecular formula is C26H24N2O3. The first-order valence-electron chi connectivity index (χ1n) is 10.1. The summed E-state index contributed by atoms with van der Waals surface area (Å²) >= 11 is 0. The predicted octanol–water partition coefficient (Wildman–Crippen LogP) is 5.39. The Morgan fingerprint density at radius 2 is 1.68 bits per heavy atom. The molecule has 31 heavy (non-hydrogen) atoms. The Morgan fingerprint density at radius 3 is 2.42 bits per heavy atom. The van der Waals surface area contributed by atoms with Crippen LogP contribution in [0.25, 0.3) is 6.08 Å².